The number of likely N-dealkylation sites (tertiary alicyclic amines) is 1. The fourth-order valence-electron chi connectivity index (χ4n) is 4.72. The Kier molecular flexibility index (Phi) is 5.82. The highest BCUT2D eigenvalue weighted by Crippen LogP contribution is 2.38. The lowest BCUT2D eigenvalue weighted by Crippen LogP contribution is -2.38. The van der Waals surface area contributed by atoms with E-state index in [-0.39, 0.29) is 18.3 Å². The lowest BCUT2D eigenvalue weighted by molar-refractivity contribution is -0.135. The Balaban J connectivity index is 1.46. The summed E-state index contributed by atoms with van der Waals surface area (Å²) in [6, 6.07) is 14.6. The molecule has 6 heteroatoms. The number of nitrogens with zero attached hydrogens (tertiary/aromatic N) is 2. The largest absolute Gasteiger partial charge is 0.508 e. The molecule has 1 aromatic heterocycles. The van der Waals surface area contributed by atoms with Gasteiger partial charge in [-0.3, -0.25) is 4.79 Å². The highest BCUT2D eigenvalue weighted by atomic mass is 16.5. The molecule has 0 spiro atoms. The normalized spacial score (nSPS) is 16.7. The van der Waals surface area contributed by atoms with Crippen LogP contribution in [-0.4, -0.2) is 46.6 Å². The van der Waals surface area contributed by atoms with Crippen molar-refractivity contribution in [2.75, 3.05) is 19.7 Å². The minimum absolute atomic E-state index is 0.133. The Bertz CT molecular complexity index is 1240. The van der Waals surface area contributed by atoms with Gasteiger partial charge in [0.1, 0.15) is 5.75 Å². The van der Waals surface area contributed by atoms with Gasteiger partial charge >= 0.3 is 5.97 Å². The van der Waals surface area contributed by atoms with E-state index in [0.717, 1.165) is 72.1 Å². The van der Waals surface area contributed by atoms with Gasteiger partial charge in [0.15, 0.2) is 6.61 Å². The molecule has 6 nitrogen and oxygen atoms in total. The SMILES string of the molecule is O=C(OCC(=O)N1CCCCC1)c1c2c(nc3ccccc13)/C(=C/c1ccc(O)cc1)CC2. The standard InChI is InChI=1S/C27H26N2O4/c30-20-11-8-18(9-12-20)16-19-10-13-22-25(21-6-2-3-7-23(21)28-26(19)22)27(32)33-17-24(31)29-14-4-1-5-15-29/h2-3,6-9,11-12,16,30H,1,4-5,10,13-15,17H2/b19-16+. The molecule has 1 aliphatic carbocycles. The third-order valence-corrected chi connectivity index (χ3v) is 6.42. The van der Waals surface area contributed by atoms with Gasteiger partial charge in [0.05, 0.1) is 16.8 Å². The summed E-state index contributed by atoms with van der Waals surface area (Å²) in [6.45, 7) is 1.23. The van der Waals surface area contributed by atoms with E-state index in [1.54, 1.807) is 17.0 Å². The zero-order chi connectivity index (χ0) is 22.8. The maximum absolute atomic E-state index is 13.2. The van der Waals surface area contributed by atoms with Crippen LogP contribution < -0.4 is 0 Å². The number of ether oxygens (including phenoxy) is 1. The van der Waals surface area contributed by atoms with E-state index in [1.165, 1.54) is 0 Å². The van der Waals surface area contributed by atoms with Gasteiger partial charge in [0.2, 0.25) is 0 Å². The Morgan fingerprint density at radius 1 is 1.00 bits per heavy atom. The van der Waals surface area contributed by atoms with Crippen LogP contribution in [0.2, 0.25) is 0 Å². The molecule has 33 heavy (non-hydrogen) atoms. The summed E-state index contributed by atoms with van der Waals surface area (Å²) in [5, 5.41) is 10.3. The molecular weight excluding hydrogens is 416 g/mol. The first kappa shape index (κ1) is 21.2. The van der Waals surface area contributed by atoms with Crippen molar-refractivity contribution < 1.29 is 19.4 Å². The Morgan fingerprint density at radius 2 is 1.76 bits per heavy atom. The van der Waals surface area contributed by atoms with Crippen LogP contribution in [0.1, 0.15) is 52.9 Å². The summed E-state index contributed by atoms with van der Waals surface area (Å²) in [4.78, 5) is 32.4. The predicted molar refractivity (Wildman–Crippen MR) is 127 cm³/mol. The maximum atomic E-state index is 13.2. The van der Waals surface area contributed by atoms with Crippen LogP contribution in [0, 0.1) is 0 Å². The number of esters is 1. The molecule has 2 aromatic carbocycles. The van der Waals surface area contributed by atoms with Crippen LogP contribution in [0.15, 0.2) is 48.5 Å². The highest BCUT2D eigenvalue weighted by molar-refractivity contribution is 6.07. The second kappa shape index (κ2) is 9.06. The van der Waals surface area contributed by atoms with Crippen molar-refractivity contribution in [1.82, 2.24) is 9.88 Å². The minimum atomic E-state index is -0.471. The average Bonchev–Trinajstić information content (AvgIpc) is 3.24. The van der Waals surface area contributed by atoms with Crippen LogP contribution in [0.5, 0.6) is 5.75 Å². The molecule has 1 aliphatic heterocycles. The van der Waals surface area contributed by atoms with Crippen LogP contribution >= 0.6 is 0 Å². The van der Waals surface area contributed by atoms with E-state index in [0.29, 0.717) is 12.0 Å². The van der Waals surface area contributed by atoms with Crippen LogP contribution in [-0.2, 0) is 16.0 Å². The van der Waals surface area contributed by atoms with Crippen molar-refractivity contribution in [2.24, 2.45) is 0 Å². The molecule has 0 radical (unpaired) electrons. The first-order valence-corrected chi connectivity index (χ1v) is 11.5. The van der Waals surface area contributed by atoms with E-state index in [2.05, 4.69) is 0 Å². The summed E-state index contributed by atoms with van der Waals surface area (Å²) < 4.78 is 5.54. The number of benzene rings is 2. The fourth-order valence-corrected chi connectivity index (χ4v) is 4.72. The lowest BCUT2D eigenvalue weighted by atomic mass is 10.0. The molecule has 0 saturated carbocycles. The number of allylic oxidation sites excluding steroid dienone is 1. The molecule has 1 N–H and O–H groups in total. The summed E-state index contributed by atoms with van der Waals surface area (Å²) in [6.07, 6.45) is 6.62. The lowest BCUT2D eigenvalue weighted by Gasteiger charge is -2.26. The molecule has 1 fully saturated rings. The van der Waals surface area contributed by atoms with Gasteiger partial charge in [-0.05, 0) is 73.1 Å². The summed E-state index contributed by atoms with van der Waals surface area (Å²) in [5.74, 6) is -0.385. The van der Waals surface area contributed by atoms with Crippen molar-refractivity contribution in [1.29, 1.82) is 0 Å². The van der Waals surface area contributed by atoms with Crippen molar-refractivity contribution in [3.8, 4) is 5.75 Å². The van der Waals surface area contributed by atoms with Gasteiger partial charge in [-0.25, -0.2) is 9.78 Å². The number of aromatic nitrogens is 1. The second-order valence-corrected chi connectivity index (χ2v) is 8.61. The van der Waals surface area contributed by atoms with Crippen molar-refractivity contribution in [3.63, 3.8) is 0 Å². The molecule has 1 saturated heterocycles. The van der Waals surface area contributed by atoms with Gasteiger partial charge < -0.3 is 14.7 Å². The second-order valence-electron chi connectivity index (χ2n) is 8.61. The van der Waals surface area contributed by atoms with Gasteiger partial charge in [-0.1, -0.05) is 30.3 Å². The quantitative estimate of drug-likeness (QED) is 0.598. The molecule has 0 atom stereocenters. The summed E-state index contributed by atoms with van der Waals surface area (Å²) in [7, 11) is 0. The predicted octanol–water partition coefficient (Wildman–Crippen LogP) is 4.60. The third-order valence-electron chi connectivity index (χ3n) is 6.42. The molecular formula is C27H26N2O4. The number of hydrogen-bond donors (Lipinski definition) is 1. The average molecular weight is 443 g/mol. The molecule has 2 aliphatic rings. The molecule has 0 bridgehead atoms. The van der Waals surface area contributed by atoms with Crippen molar-refractivity contribution in [2.45, 2.75) is 32.1 Å². The van der Waals surface area contributed by atoms with Crippen LogP contribution in [0.4, 0.5) is 0 Å². The van der Waals surface area contributed by atoms with Gasteiger partial charge in [0, 0.05) is 18.5 Å². The molecule has 5 rings (SSSR count). The van der Waals surface area contributed by atoms with Gasteiger partial charge in [-0.2, -0.15) is 0 Å². The van der Waals surface area contributed by atoms with E-state index < -0.39 is 5.97 Å². The van der Waals surface area contributed by atoms with Crippen molar-refractivity contribution >= 4 is 34.4 Å². The number of aromatic hydroxyl groups is 1. The Hall–Kier alpha value is -3.67. The number of para-hydroxylation sites is 1. The zero-order valence-corrected chi connectivity index (χ0v) is 18.4. The zero-order valence-electron chi connectivity index (χ0n) is 18.4. The number of hydrogen-bond acceptors (Lipinski definition) is 5. The maximum Gasteiger partial charge on any atom is 0.339 e. The number of phenolic OH excluding ortho intramolecular Hbond substituents is 1. The van der Waals surface area contributed by atoms with Gasteiger partial charge in [-0.15, -0.1) is 0 Å². The smallest absolute Gasteiger partial charge is 0.339 e. The van der Waals surface area contributed by atoms with Crippen molar-refractivity contribution in [3.05, 3.63) is 70.9 Å². The number of amides is 1. The topological polar surface area (TPSA) is 79.7 Å². The number of piperidine rings is 1. The molecule has 0 unspecified atom stereocenters. The number of rotatable bonds is 4. The minimum Gasteiger partial charge on any atom is -0.508 e. The number of fused-ring (bicyclic) bond motifs is 2. The number of phenols is 1. The van der Waals surface area contributed by atoms with E-state index >= 15 is 0 Å². The summed E-state index contributed by atoms with van der Waals surface area (Å²) >= 11 is 0. The molecule has 1 amide bonds. The number of pyridine rings is 1. The number of carbonyl (C=O) groups excluding carboxylic acids is 2. The van der Waals surface area contributed by atoms with E-state index in [9.17, 15) is 14.7 Å². The first-order valence-electron chi connectivity index (χ1n) is 11.5. The third kappa shape index (κ3) is 4.33. The Morgan fingerprint density at radius 3 is 2.55 bits per heavy atom. The van der Waals surface area contributed by atoms with E-state index in [1.807, 2.05) is 42.5 Å². The fraction of sp³-hybridized carbons (Fsp3) is 0.296. The Labute approximate surface area is 192 Å². The van der Waals surface area contributed by atoms with Crippen LogP contribution in [0.3, 0.4) is 0 Å². The van der Waals surface area contributed by atoms with Crippen LogP contribution in [0.25, 0.3) is 22.6 Å². The highest BCUT2D eigenvalue weighted by Gasteiger charge is 2.28. The molecule has 168 valence electrons. The monoisotopic (exact) mass is 442 g/mol. The van der Waals surface area contributed by atoms with E-state index in [4.69, 9.17) is 9.72 Å². The van der Waals surface area contributed by atoms with Gasteiger partial charge in [0.25, 0.3) is 5.91 Å². The molecule has 2 heterocycles. The molecule has 3 aromatic rings. The summed E-state index contributed by atoms with van der Waals surface area (Å²) in [5.41, 5.74) is 4.91. The first-order chi connectivity index (χ1) is 16.1. The number of carbonyl (C=O) groups is 2.